The van der Waals surface area contributed by atoms with Gasteiger partial charge in [0.1, 0.15) is 0 Å². The fourth-order valence-electron chi connectivity index (χ4n) is 1.95. The van der Waals surface area contributed by atoms with Gasteiger partial charge in [-0.25, -0.2) is 0 Å². The van der Waals surface area contributed by atoms with Crippen LogP contribution in [0.3, 0.4) is 0 Å². The highest BCUT2D eigenvalue weighted by Crippen LogP contribution is 2.17. The highest BCUT2D eigenvalue weighted by Gasteiger charge is 2.13. The van der Waals surface area contributed by atoms with E-state index in [9.17, 15) is 4.79 Å². The number of nitrogens with two attached hydrogens (primary N) is 2. The van der Waals surface area contributed by atoms with Crippen molar-refractivity contribution in [3.63, 3.8) is 0 Å². The summed E-state index contributed by atoms with van der Waals surface area (Å²) < 4.78 is 0. The van der Waals surface area contributed by atoms with E-state index in [1.54, 1.807) is 0 Å². The maximum atomic E-state index is 11.1. The molecule has 0 saturated heterocycles. The van der Waals surface area contributed by atoms with E-state index in [1.165, 1.54) is 10.8 Å². The molecule has 4 N–H and O–H groups in total. The fourth-order valence-corrected chi connectivity index (χ4v) is 1.95. The molecule has 0 fully saturated rings. The molecule has 0 aromatic heterocycles. The van der Waals surface area contributed by atoms with Gasteiger partial charge in [0.25, 0.3) is 0 Å². The highest BCUT2D eigenvalue weighted by molar-refractivity contribution is 5.83. The van der Waals surface area contributed by atoms with Gasteiger partial charge in [-0.15, -0.1) is 0 Å². The predicted octanol–water partition coefficient (Wildman–Crippen LogP) is 1.44. The molecule has 3 nitrogen and oxygen atoms in total. The molecular formula is C14H16N2O. The van der Waals surface area contributed by atoms with Crippen LogP contribution in [0.25, 0.3) is 10.8 Å². The molecule has 0 bridgehead atoms. The van der Waals surface area contributed by atoms with Gasteiger partial charge < -0.3 is 11.5 Å². The Morgan fingerprint density at radius 2 is 1.82 bits per heavy atom. The van der Waals surface area contributed by atoms with Crippen molar-refractivity contribution in [2.24, 2.45) is 17.4 Å². The first kappa shape index (κ1) is 11.6. The van der Waals surface area contributed by atoms with Crippen LogP contribution in [0.4, 0.5) is 0 Å². The first-order valence-electron chi connectivity index (χ1n) is 5.68. The minimum Gasteiger partial charge on any atom is -0.369 e. The van der Waals surface area contributed by atoms with Crippen LogP contribution in [-0.2, 0) is 11.2 Å². The first-order valence-corrected chi connectivity index (χ1v) is 5.68. The van der Waals surface area contributed by atoms with E-state index < -0.39 is 0 Å². The van der Waals surface area contributed by atoms with Crippen molar-refractivity contribution in [1.29, 1.82) is 0 Å². The zero-order valence-corrected chi connectivity index (χ0v) is 9.60. The van der Waals surface area contributed by atoms with Crippen molar-refractivity contribution >= 4 is 16.7 Å². The molecule has 1 unspecified atom stereocenters. The van der Waals surface area contributed by atoms with Gasteiger partial charge in [-0.3, -0.25) is 4.79 Å². The third-order valence-corrected chi connectivity index (χ3v) is 2.98. The van der Waals surface area contributed by atoms with Crippen LogP contribution < -0.4 is 11.5 Å². The molecule has 88 valence electrons. The van der Waals surface area contributed by atoms with E-state index in [1.807, 2.05) is 18.2 Å². The zero-order chi connectivity index (χ0) is 12.3. The number of amides is 1. The predicted molar refractivity (Wildman–Crippen MR) is 69.4 cm³/mol. The second-order valence-corrected chi connectivity index (χ2v) is 4.22. The number of benzene rings is 2. The molecule has 2 aromatic carbocycles. The van der Waals surface area contributed by atoms with Crippen LogP contribution in [0.5, 0.6) is 0 Å². The summed E-state index contributed by atoms with van der Waals surface area (Å²) in [4.78, 5) is 11.1. The molecule has 0 radical (unpaired) electrons. The summed E-state index contributed by atoms with van der Waals surface area (Å²) in [6.45, 7) is 0.294. The lowest BCUT2D eigenvalue weighted by atomic mass is 9.97. The van der Waals surface area contributed by atoms with Gasteiger partial charge in [0.2, 0.25) is 5.91 Å². The van der Waals surface area contributed by atoms with Crippen molar-refractivity contribution in [3.8, 4) is 0 Å². The summed E-state index contributed by atoms with van der Waals surface area (Å²) in [5, 5.41) is 2.37. The van der Waals surface area contributed by atoms with Crippen molar-refractivity contribution in [1.82, 2.24) is 0 Å². The van der Waals surface area contributed by atoms with Crippen molar-refractivity contribution in [2.45, 2.75) is 6.42 Å². The second kappa shape index (κ2) is 4.97. The Labute approximate surface area is 100 Å². The van der Waals surface area contributed by atoms with Gasteiger partial charge in [0, 0.05) is 6.54 Å². The van der Waals surface area contributed by atoms with Gasteiger partial charge in [-0.1, -0.05) is 42.5 Å². The van der Waals surface area contributed by atoms with Gasteiger partial charge in [-0.05, 0) is 22.8 Å². The lowest BCUT2D eigenvalue weighted by Gasteiger charge is -2.11. The average molecular weight is 228 g/mol. The van der Waals surface area contributed by atoms with Crippen molar-refractivity contribution in [2.75, 3.05) is 6.54 Å². The molecule has 0 aliphatic heterocycles. The molecule has 17 heavy (non-hydrogen) atoms. The Morgan fingerprint density at radius 1 is 1.12 bits per heavy atom. The number of hydrogen-bond acceptors (Lipinski definition) is 2. The Morgan fingerprint density at radius 3 is 2.47 bits per heavy atom. The molecule has 1 atom stereocenters. The van der Waals surface area contributed by atoms with Crippen LogP contribution in [-0.4, -0.2) is 12.5 Å². The minimum atomic E-state index is -0.333. The minimum absolute atomic E-state index is 0.281. The molecule has 0 aliphatic rings. The molecule has 1 amide bonds. The van der Waals surface area contributed by atoms with Crippen molar-refractivity contribution < 1.29 is 4.79 Å². The van der Waals surface area contributed by atoms with E-state index in [-0.39, 0.29) is 11.8 Å². The highest BCUT2D eigenvalue weighted by atomic mass is 16.1. The maximum Gasteiger partial charge on any atom is 0.222 e. The molecule has 0 saturated carbocycles. The zero-order valence-electron chi connectivity index (χ0n) is 9.60. The number of hydrogen-bond donors (Lipinski definition) is 2. The lowest BCUT2D eigenvalue weighted by molar-refractivity contribution is -0.121. The largest absolute Gasteiger partial charge is 0.369 e. The average Bonchev–Trinajstić information content (AvgIpc) is 2.35. The summed E-state index contributed by atoms with van der Waals surface area (Å²) in [5.41, 5.74) is 11.9. The summed E-state index contributed by atoms with van der Waals surface area (Å²) in [5.74, 6) is -0.614. The number of carbonyl (C=O) groups excluding carboxylic acids is 1. The van der Waals surface area contributed by atoms with Crippen LogP contribution in [0.2, 0.25) is 0 Å². The van der Waals surface area contributed by atoms with Crippen LogP contribution in [0.15, 0.2) is 42.5 Å². The number of carbonyl (C=O) groups is 1. The summed E-state index contributed by atoms with van der Waals surface area (Å²) in [6.07, 6.45) is 0.608. The van der Waals surface area contributed by atoms with E-state index in [0.717, 1.165) is 5.56 Å². The number of rotatable bonds is 4. The second-order valence-electron chi connectivity index (χ2n) is 4.22. The van der Waals surface area contributed by atoms with E-state index in [0.29, 0.717) is 13.0 Å². The number of fused-ring (bicyclic) bond motifs is 1. The van der Waals surface area contributed by atoms with Gasteiger partial charge in [0.05, 0.1) is 5.92 Å². The third kappa shape index (κ3) is 2.63. The SMILES string of the molecule is NCC(Cc1ccc2ccccc2c1)C(N)=O. The quantitative estimate of drug-likeness (QED) is 0.831. The van der Waals surface area contributed by atoms with Crippen LogP contribution >= 0.6 is 0 Å². The normalized spacial score (nSPS) is 12.5. The van der Waals surface area contributed by atoms with Gasteiger partial charge >= 0.3 is 0 Å². The summed E-state index contributed by atoms with van der Waals surface area (Å²) >= 11 is 0. The van der Waals surface area contributed by atoms with E-state index >= 15 is 0 Å². The van der Waals surface area contributed by atoms with E-state index in [4.69, 9.17) is 11.5 Å². The fraction of sp³-hybridized carbons (Fsp3) is 0.214. The van der Waals surface area contributed by atoms with E-state index in [2.05, 4.69) is 24.3 Å². The Bertz CT molecular complexity index is 536. The Balaban J connectivity index is 2.27. The van der Waals surface area contributed by atoms with Crippen LogP contribution in [0, 0.1) is 5.92 Å². The summed E-state index contributed by atoms with van der Waals surface area (Å²) in [6, 6.07) is 14.3. The number of primary amides is 1. The molecule has 0 aliphatic carbocycles. The van der Waals surface area contributed by atoms with Crippen LogP contribution in [0.1, 0.15) is 5.56 Å². The summed E-state index contributed by atoms with van der Waals surface area (Å²) in [7, 11) is 0. The van der Waals surface area contributed by atoms with Gasteiger partial charge in [-0.2, -0.15) is 0 Å². The molecule has 0 spiro atoms. The molecule has 3 heteroatoms. The molecule has 2 aromatic rings. The monoisotopic (exact) mass is 228 g/mol. The lowest BCUT2D eigenvalue weighted by Crippen LogP contribution is -2.31. The third-order valence-electron chi connectivity index (χ3n) is 2.98. The van der Waals surface area contributed by atoms with Crippen molar-refractivity contribution in [3.05, 3.63) is 48.0 Å². The maximum absolute atomic E-state index is 11.1. The van der Waals surface area contributed by atoms with Gasteiger partial charge in [0.15, 0.2) is 0 Å². The topological polar surface area (TPSA) is 69.1 Å². The standard InChI is InChI=1S/C14H16N2O/c15-9-13(14(16)17)8-10-5-6-11-3-1-2-4-12(11)7-10/h1-7,13H,8-9,15H2,(H2,16,17). The molecular weight excluding hydrogens is 212 g/mol. The smallest absolute Gasteiger partial charge is 0.222 e. The molecule has 0 heterocycles. The Kier molecular flexibility index (Phi) is 3.40. The molecule has 2 rings (SSSR count). The Hall–Kier alpha value is -1.87. The first-order chi connectivity index (χ1) is 8.20.